The first kappa shape index (κ1) is 15.6. The largest absolute Gasteiger partial charge is 0.389 e. The molecule has 0 bridgehead atoms. The summed E-state index contributed by atoms with van der Waals surface area (Å²) in [5.74, 6) is 1.32. The second kappa shape index (κ2) is 5.44. The molecule has 0 radical (unpaired) electrons. The highest BCUT2D eigenvalue weighted by molar-refractivity contribution is 7.18. The monoisotopic (exact) mass is 320 g/mol. The van der Waals surface area contributed by atoms with Crippen molar-refractivity contribution in [2.75, 3.05) is 12.3 Å². The van der Waals surface area contributed by atoms with Crippen LogP contribution >= 0.6 is 11.3 Å². The van der Waals surface area contributed by atoms with E-state index in [2.05, 4.69) is 23.7 Å². The third kappa shape index (κ3) is 2.71. The number of nitrogen functional groups attached to an aromatic ring is 1. The highest BCUT2D eigenvalue weighted by Crippen LogP contribution is 2.33. The number of aryl methyl sites for hydroxylation is 2. The van der Waals surface area contributed by atoms with Crippen LogP contribution in [0.5, 0.6) is 0 Å². The molecular weight excluding hydrogens is 296 g/mol. The van der Waals surface area contributed by atoms with Gasteiger partial charge in [0.25, 0.3) is 0 Å². The first-order valence-corrected chi connectivity index (χ1v) is 8.57. The van der Waals surface area contributed by atoms with Crippen LogP contribution in [-0.4, -0.2) is 38.2 Å². The Morgan fingerprint density at radius 2 is 2.09 bits per heavy atom. The number of nitrogens with zero attached hydrogens (tertiary/aromatic N) is 3. The molecule has 3 rings (SSSR count). The van der Waals surface area contributed by atoms with Gasteiger partial charge in [0.05, 0.1) is 17.5 Å². The van der Waals surface area contributed by atoms with Crippen molar-refractivity contribution in [3.63, 3.8) is 0 Å². The molecule has 2 aromatic heterocycles. The summed E-state index contributed by atoms with van der Waals surface area (Å²) >= 11 is 1.67. The summed E-state index contributed by atoms with van der Waals surface area (Å²) in [7, 11) is 0. The van der Waals surface area contributed by atoms with E-state index in [1.54, 1.807) is 11.3 Å². The van der Waals surface area contributed by atoms with Crippen LogP contribution in [0.1, 0.15) is 43.0 Å². The molecule has 6 heteroatoms. The number of hydrogen-bond donors (Lipinski definition) is 2. The summed E-state index contributed by atoms with van der Waals surface area (Å²) in [6.07, 6.45) is 2.11. The van der Waals surface area contributed by atoms with Gasteiger partial charge in [0.15, 0.2) is 0 Å². The summed E-state index contributed by atoms with van der Waals surface area (Å²) in [6, 6.07) is 0.153. The van der Waals surface area contributed by atoms with E-state index in [1.807, 2.05) is 13.8 Å². The number of aromatic nitrogens is 2. The zero-order valence-electron chi connectivity index (χ0n) is 13.7. The van der Waals surface area contributed by atoms with E-state index < -0.39 is 5.60 Å². The number of nitrogens with two attached hydrogens (primary N) is 1. The molecule has 3 N–H and O–H groups in total. The van der Waals surface area contributed by atoms with E-state index in [0.717, 1.165) is 35.4 Å². The van der Waals surface area contributed by atoms with Gasteiger partial charge in [-0.1, -0.05) is 0 Å². The van der Waals surface area contributed by atoms with Gasteiger partial charge in [0, 0.05) is 10.9 Å². The summed E-state index contributed by atoms with van der Waals surface area (Å²) in [5, 5.41) is 11.3. The zero-order valence-corrected chi connectivity index (χ0v) is 14.5. The fourth-order valence-corrected chi connectivity index (χ4v) is 4.45. The molecule has 0 saturated carbocycles. The molecule has 120 valence electrons. The van der Waals surface area contributed by atoms with Crippen LogP contribution in [0.25, 0.3) is 10.2 Å². The molecule has 0 amide bonds. The van der Waals surface area contributed by atoms with Gasteiger partial charge in [0.2, 0.25) is 0 Å². The number of aliphatic hydroxyl groups is 1. The third-order valence-electron chi connectivity index (χ3n) is 4.63. The van der Waals surface area contributed by atoms with Crippen molar-refractivity contribution in [3.8, 4) is 0 Å². The summed E-state index contributed by atoms with van der Waals surface area (Å²) < 4.78 is 0. The van der Waals surface area contributed by atoms with E-state index >= 15 is 0 Å². The average Bonchev–Trinajstić information content (AvgIpc) is 2.95. The lowest BCUT2D eigenvalue weighted by Crippen LogP contribution is -2.45. The molecular formula is C16H24N4OS. The number of rotatable bonds is 3. The molecule has 1 fully saturated rings. The second-order valence-electron chi connectivity index (χ2n) is 6.77. The van der Waals surface area contributed by atoms with Gasteiger partial charge in [-0.2, -0.15) is 0 Å². The summed E-state index contributed by atoms with van der Waals surface area (Å²) in [4.78, 5) is 13.7. The number of fused-ring (bicyclic) bond motifs is 1. The van der Waals surface area contributed by atoms with Crippen molar-refractivity contribution in [1.82, 2.24) is 14.9 Å². The molecule has 1 aliphatic heterocycles. The fraction of sp³-hybridized carbons (Fsp3) is 0.625. The van der Waals surface area contributed by atoms with Crippen molar-refractivity contribution >= 4 is 27.4 Å². The predicted molar refractivity (Wildman–Crippen MR) is 91.0 cm³/mol. The van der Waals surface area contributed by atoms with Gasteiger partial charge in [-0.15, -0.1) is 11.3 Å². The fourth-order valence-electron chi connectivity index (χ4n) is 3.39. The Balaban J connectivity index is 1.91. The summed E-state index contributed by atoms with van der Waals surface area (Å²) in [5.41, 5.74) is 6.63. The predicted octanol–water partition coefficient (Wildman–Crippen LogP) is 2.63. The van der Waals surface area contributed by atoms with Crippen LogP contribution in [0.4, 0.5) is 5.82 Å². The first-order valence-electron chi connectivity index (χ1n) is 7.76. The van der Waals surface area contributed by atoms with Crippen LogP contribution in [0.15, 0.2) is 0 Å². The minimum atomic E-state index is -0.706. The molecule has 1 aliphatic rings. The lowest BCUT2D eigenvalue weighted by Gasteiger charge is -2.33. The molecule has 3 heterocycles. The minimum Gasteiger partial charge on any atom is -0.389 e. The maximum Gasteiger partial charge on any atom is 0.146 e. The molecule has 0 aromatic carbocycles. The number of thiophene rings is 1. The van der Waals surface area contributed by atoms with Crippen molar-refractivity contribution in [2.45, 2.75) is 58.7 Å². The van der Waals surface area contributed by atoms with E-state index in [-0.39, 0.29) is 6.04 Å². The van der Waals surface area contributed by atoms with Crippen molar-refractivity contribution in [2.24, 2.45) is 0 Å². The molecule has 1 saturated heterocycles. The zero-order chi connectivity index (χ0) is 16.1. The topological polar surface area (TPSA) is 75.3 Å². The van der Waals surface area contributed by atoms with E-state index in [9.17, 15) is 5.11 Å². The highest BCUT2D eigenvalue weighted by Gasteiger charge is 2.36. The molecule has 0 aliphatic carbocycles. The minimum absolute atomic E-state index is 0.153. The standard InChI is InChI=1S/C16H24N4OS/c1-9-10(2)22-15-13(9)14(17)18-12(19-15)8-20-7-5-6-11(20)16(3,4)21/h11,21H,5-8H2,1-4H3,(H2,17,18,19). The van der Waals surface area contributed by atoms with Crippen LogP contribution in [0.2, 0.25) is 0 Å². The highest BCUT2D eigenvalue weighted by atomic mass is 32.1. The third-order valence-corrected chi connectivity index (χ3v) is 5.73. The molecule has 2 aromatic rings. The molecule has 0 spiro atoms. The van der Waals surface area contributed by atoms with Crippen molar-refractivity contribution in [1.29, 1.82) is 0 Å². The van der Waals surface area contributed by atoms with Gasteiger partial charge < -0.3 is 10.8 Å². The Hall–Kier alpha value is -1.24. The van der Waals surface area contributed by atoms with Crippen LogP contribution < -0.4 is 5.73 Å². The van der Waals surface area contributed by atoms with Crippen molar-refractivity contribution < 1.29 is 5.11 Å². The molecule has 1 unspecified atom stereocenters. The van der Waals surface area contributed by atoms with Gasteiger partial charge >= 0.3 is 0 Å². The Morgan fingerprint density at radius 3 is 2.77 bits per heavy atom. The van der Waals surface area contributed by atoms with Crippen molar-refractivity contribution in [3.05, 3.63) is 16.3 Å². The summed E-state index contributed by atoms with van der Waals surface area (Å²) in [6.45, 7) is 9.52. The van der Waals surface area contributed by atoms with Gasteiger partial charge in [0.1, 0.15) is 16.5 Å². The first-order chi connectivity index (χ1) is 10.3. The van der Waals surface area contributed by atoms with Gasteiger partial charge in [-0.25, -0.2) is 9.97 Å². The van der Waals surface area contributed by atoms with E-state index in [4.69, 9.17) is 10.7 Å². The number of anilines is 1. The van der Waals surface area contributed by atoms with Gasteiger partial charge in [-0.05, 0) is 52.6 Å². The Morgan fingerprint density at radius 1 is 1.36 bits per heavy atom. The average molecular weight is 320 g/mol. The Labute approximate surface area is 135 Å². The second-order valence-corrected chi connectivity index (χ2v) is 7.97. The van der Waals surface area contributed by atoms with Crippen LogP contribution in [0, 0.1) is 13.8 Å². The maximum absolute atomic E-state index is 10.3. The SMILES string of the molecule is Cc1sc2nc(CN3CCCC3C(C)(C)O)nc(N)c2c1C. The number of likely N-dealkylation sites (tertiary alicyclic amines) is 1. The molecule has 5 nitrogen and oxygen atoms in total. The lowest BCUT2D eigenvalue weighted by molar-refractivity contribution is -0.00569. The maximum atomic E-state index is 10.3. The quantitative estimate of drug-likeness (QED) is 0.909. The van der Waals surface area contributed by atoms with E-state index in [0.29, 0.717) is 12.4 Å². The number of hydrogen-bond acceptors (Lipinski definition) is 6. The molecule has 1 atom stereocenters. The molecule has 22 heavy (non-hydrogen) atoms. The smallest absolute Gasteiger partial charge is 0.146 e. The normalized spacial score (nSPS) is 20.1. The Bertz CT molecular complexity index is 704. The Kier molecular flexibility index (Phi) is 3.87. The van der Waals surface area contributed by atoms with Gasteiger partial charge in [-0.3, -0.25) is 4.90 Å². The van der Waals surface area contributed by atoms with Crippen LogP contribution in [-0.2, 0) is 6.54 Å². The van der Waals surface area contributed by atoms with E-state index in [1.165, 1.54) is 10.4 Å². The van der Waals surface area contributed by atoms with Crippen LogP contribution in [0.3, 0.4) is 0 Å². The lowest BCUT2D eigenvalue weighted by atomic mass is 9.97.